The summed E-state index contributed by atoms with van der Waals surface area (Å²) in [7, 11) is -2.87. The summed E-state index contributed by atoms with van der Waals surface area (Å²) in [6.45, 7) is 1.33. The second-order valence-corrected chi connectivity index (χ2v) is 12.7. The lowest BCUT2D eigenvalue weighted by Crippen LogP contribution is -2.39. The molecule has 1 heterocycles. The molecule has 1 saturated heterocycles. The average Bonchev–Trinajstić information content (AvgIpc) is 3.36. The van der Waals surface area contributed by atoms with E-state index in [1.807, 2.05) is 4.90 Å². The van der Waals surface area contributed by atoms with Crippen LogP contribution in [0.4, 0.5) is 18.9 Å². The van der Waals surface area contributed by atoms with Crippen LogP contribution in [-0.2, 0) is 27.4 Å². The van der Waals surface area contributed by atoms with Crippen LogP contribution in [0.5, 0.6) is 0 Å². The third-order valence-corrected chi connectivity index (χ3v) is 9.25. The summed E-state index contributed by atoms with van der Waals surface area (Å²) in [5, 5.41) is 19.7. The van der Waals surface area contributed by atoms with E-state index in [1.54, 1.807) is 37.4 Å². The van der Waals surface area contributed by atoms with Gasteiger partial charge in [-0.25, -0.2) is 8.42 Å². The van der Waals surface area contributed by atoms with Gasteiger partial charge in [-0.05, 0) is 60.0 Å². The summed E-state index contributed by atoms with van der Waals surface area (Å²) in [6, 6.07) is 14.1. The van der Waals surface area contributed by atoms with Gasteiger partial charge in [0.1, 0.15) is 0 Å². The van der Waals surface area contributed by atoms with Crippen LogP contribution in [-0.4, -0.2) is 62.0 Å². The van der Waals surface area contributed by atoms with Gasteiger partial charge >= 0.3 is 6.18 Å². The average molecular weight is 656 g/mol. The van der Waals surface area contributed by atoms with Gasteiger partial charge in [-0.3, -0.25) is 14.4 Å². The predicted molar refractivity (Wildman–Crippen MR) is 156 cm³/mol. The Morgan fingerprint density at radius 2 is 1.91 bits per heavy atom. The molecule has 2 atom stereocenters. The van der Waals surface area contributed by atoms with Crippen molar-refractivity contribution in [3.8, 4) is 6.07 Å². The number of likely N-dealkylation sites (N-methyl/N-ethyl adjacent to an activating group) is 1. The summed E-state index contributed by atoms with van der Waals surface area (Å²) < 4.78 is 68.8. The topological polar surface area (TPSA) is 114 Å². The fourth-order valence-corrected chi connectivity index (χ4v) is 6.24. The number of carbonyl (C=O) groups is 1. The van der Waals surface area contributed by atoms with E-state index < -0.39 is 44.4 Å². The summed E-state index contributed by atoms with van der Waals surface area (Å²) in [4.78, 5) is 16.2. The molecule has 2 N–H and O–H groups in total. The molecule has 0 spiro atoms. The van der Waals surface area contributed by atoms with Gasteiger partial charge in [-0.15, -0.1) is 0 Å². The number of halogens is 5. The Hall–Kier alpha value is -3.34. The molecular formula is C29H27Cl2F3N4O4S. The highest BCUT2D eigenvalue weighted by Gasteiger charge is 2.35. The first-order valence-electron chi connectivity index (χ1n) is 13.0. The van der Waals surface area contributed by atoms with Crippen molar-refractivity contribution in [2.45, 2.75) is 36.1 Å². The molecule has 228 valence electrons. The van der Waals surface area contributed by atoms with Crippen LogP contribution in [0, 0.1) is 11.3 Å². The Kier molecular flexibility index (Phi) is 9.93. The fourth-order valence-electron chi connectivity index (χ4n) is 4.84. The van der Waals surface area contributed by atoms with Gasteiger partial charge in [-0.1, -0.05) is 41.4 Å². The molecule has 0 bridgehead atoms. The number of nitrogens with one attached hydrogen (secondary N) is 1. The first-order chi connectivity index (χ1) is 20.2. The molecule has 2 unspecified atom stereocenters. The van der Waals surface area contributed by atoms with Crippen molar-refractivity contribution >= 4 is 44.8 Å². The highest BCUT2D eigenvalue weighted by molar-refractivity contribution is 7.92. The van der Waals surface area contributed by atoms with E-state index in [2.05, 4.69) is 4.72 Å². The number of hydrogen-bond donors (Lipinski definition) is 2. The van der Waals surface area contributed by atoms with Crippen molar-refractivity contribution in [2.24, 2.45) is 0 Å². The molecule has 1 fully saturated rings. The molecule has 1 amide bonds. The van der Waals surface area contributed by atoms with Crippen LogP contribution < -0.4 is 4.72 Å². The number of amides is 1. The predicted octanol–water partition coefficient (Wildman–Crippen LogP) is 5.49. The summed E-state index contributed by atoms with van der Waals surface area (Å²) in [5.41, 5.74) is -0.795. The van der Waals surface area contributed by atoms with Gasteiger partial charge in [0.2, 0.25) is 5.91 Å². The van der Waals surface area contributed by atoms with Crippen LogP contribution in [0.15, 0.2) is 65.6 Å². The molecule has 43 heavy (non-hydrogen) atoms. The van der Waals surface area contributed by atoms with Crippen LogP contribution in [0.2, 0.25) is 10.0 Å². The van der Waals surface area contributed by atoms with E-state index in [1.165, 1.54) is 23.1 Å². The summed E-state index contributed by atoms with van der Waals surface area (Å²) in [5.74, 6) is -0.258. The van der Waals surface area contributed by atoms with Crippen LogP contribution >= 0.6 is 23.2 Å². The van der Waals surface area contributed by atoms with E-state index in [0.29, 0.717) is 53.3 Å². The number of hydrogen-bond acceptors (Lipinski definition) is 6. The molecule has 1 aliphatic heterocycles. The Morgan fingerprint density at radius 1 is 1.16 bits per heavy atom. The number of carbonyl (C=O) groups excluding carboxylic acids is 1. The van der Waals surface area contributed by atoms with Crippen molar-refractivity contribution in [3.63, 3.8) is 0 Å². The normalized spacial score (nSPS) is 16.5. The molecule has 4 rings (SSSR count). The Morgan fingerprint density at radius 3 is 2.53 bits per heavy atom. The lowest BCUT2D eigenvalue weighted by atomic mass is 10.0. The van der Waals surface area contributed by atoms with E-state index in [0.717, 1.165) is 12.1 Å². The number of rotatable bonds is 9. The molecule has 1 aliphatic rings. The quantitative estimate of drug-likeness (QED) is 0.315. The van der Waals surface area contributed by atoms with Crippen LogP contribution in [0.3, 0.4) is 0 Å². The van der Waals surface area contributed by atoms with E-state index in [9.17, 15) is 31.5 Å². The molecule has 0 aromatic heterocycles. The van der Waals surface area contributed by atoms with Gasteiger partial charge in [0.05, 0.1) is 50.7 Å². The molecule has 3 aromatic carbocycles. The van der Waals surface area contributed by atoms with Gasteiger partial charge in [0.15, 0.2) is 0 Å². The highest BCUT2D eigenvalue weighted by atomic mass is 35.5. The van der Waals surface area contributed by atoms with Gasteiger partial charge in [0.25, 0.3) is 10.0 Å². The van der Waals surface area contributed by atoms with Crippen LogP contribution in [0.25, 0.3) is 0 Å². The number of sulfonamides is 1. The van der Waals surface area contributed by atoms with Crippen molar-refractivity contribution in [2.75, 3.05) is 31.4 Å². The fraction of sp³-hybridized carbons (Fsp3) is 0.310. The number of nitrogens with zero attached hydrogens (tertiary/aromatic N) is 3. The van der Waals surface area contributed by atoms with E-state index >= 15 is 0 Å². The first kappa shape index (κ1) is 32.6. The second kappa shape index (κ2) is 13.1. The number of benzene rings is 3. The summed E-state index contributed by atoms with van der Waals surface area (Å²) in [6.07, 6.45) is -4.86. The number of likely N-dealkylation sites (tertiary alicyclic amines) is 1. The first-order valence-corrected chi connectivity index (χ1v) is 15.3. The Bertz CT molecular complexity index is 1660. The minimum atomic E-state index is -4.93. The SMILES string of the molecule is CN(C(=O)Cc1ccc(Cl)c(Cl)c1)C(CN1CCC(O)C1)c1cccc(NS(=O)(=O)c2ccc(C#N)c(C(F)(F)F)c2)c1. The number of nitriles is 1. The highest BCUT2D eigenvalue weighted by Crippen LogP contribution is 2.34. The maximum atomic E-state index is 13.4. The van der Waals surface area contributed by atoms with Crippen molar-refractivity contribution in [3.05, 3.63) is 93.0 Å². The van der Waals surface area contributed by atoms with Crippen molar-refractivity contribution < 1.29 is 31.5 Å². The zero-order valence-electron chi connectivity index (χ0n) is 22.8. The molecule has 0 saturated carbocycles. The Balaban J connectivity index is 1.62. The number of β-amino-alcohol motifs (C(OH)–C–C–N with tert-alkyl or cyclic N) is 1. The molecule has 8 nitrogen and oxygen atoms in total. The van der Waals surface area contributed by atoms with E-state index in [-0.39, 0.29) is 18.0 Å². The third-order valence-electron chi connectivity index (χ3n) is 7.13. The smallest absolute Gasteiger partial charge is 0.392 e. The molecular weight excluding hydrogens is 628 g/mol. The number of anilines is 1. The summed E-state index contributed by atoms with van der Waals surface area (Å²) >= 11 is 12.1. The zero-order chi connectivity index (χ0) is 31.5. The van der Waals surface area contributed by atoms with E-state index in [4.69, 9.17) is 28.5 Å². The minimum absolute atomic E-state index is 0.0130. The number of aliphatic hydroxyl groups excluding tert-OH is 1. The number of alkyl halides is 3. The van der Waals surface area contributed by atoms with Gasteiger partial charge in [-0.2, -0.15) is 18.4 Å². The second-order valence-electron chi connectivity index (χ2n) is 10.2. The third kappa shape index (κ3) is 7.99. The van der Waals surface area contributed by atoms with Gasteiger partial charge < -0.3 is 10.0 Å². The van der Waals surface area contributed by atoms with Gasteiger partial charge in [0, 0.05) is 32.4 Å². The maximum absolute atomic E-state index is 13.4. The molecule has 14 heteroatoms. The standard InChI is InChI=1S/C29H27Cl2F3N4O4S/c1-37(28(40)12-18-5-8-25(30)26(31)11-18)27(17-38-10-9-22(39)16-38)19-3-2-4-21(13-19)36-43(41,42)23-7-6-20(15-35)24(14-23)29(32,33)34/h2-8,11,13-14,22,27,36,39H,9-10,12,16-17H2,1H3. The number of aliphatic hydroxyl groups is 1. The maximum Gasteiger partial charge on any atom is 0.417 e. The largest absolute Gasteiger partial charge is 0.417 e. The molecule has 0 radical (unpaired) electrons. The zero-order valence-corrected chi connectivity index (χ0v) is 25.1. The monoisotopic (exact) mass is 654 g/mol. The Labute approximate surface area is 257 Å². The lowest BCUT2D eigenvalue weighted by molar-refractivity contribution is -0.138. The molecule has 3 aromatic rings. The lowest BCUT2D eigenvalue weighted by Gasteiger charge is -2.32. The molecule has 0 aliphatic carbocycles. The van der Waals surface area contributed by atoms with Crippen molar-refractivity contribution in [1.82, 2.24) is 9.80 Å². The minimum Gasteiger partial charge on any atom is -0.392 e. The van der Waals surface area contributed by atoms with Crippen LogP contribution in [0.1, 0.15) is 34.7 Å². The van der Waals surface area contributed by atoms with Crippen molar-refractivity contribution in [1.29, 1.82) is 5.26 Å².